The van der Waals surface area contributed by atoms with Crippen molar-refractivity contribution in [3.8, 4) is 5.75 Å². The first kappa shape index (κ1) is 11.9. The fourth-order valence-corrected chi connectivity index (χ4v) is 1.49. The van der Waals surface area contributed by atoms with Gasteiger partial charge in [0.15, 0.2) is 0 Å². The van der Waals surface area contributed by atoms with Gasteiger partial charge in [-0.05, 0) is 24.3 Å². The number of aromatic hydroxyl groups is 1. The Morgan fingerprint density at radius 1 is 1.20 bits per heavy atom. The van der Waals surface area contributed by atoms with Gasteiger partial charge in [0.25, 0.3) is 0 Å². The zero-order chi connectivity index (χ0) is 11.5. The second-order valence-electron chi connectivity index (χ2n) is 4.69. The molecule has 0 atom stereocenters. The molecular formula is C12H19NO2. The minimum atomic E-state index is -0.118. The van der Waals surface area contributed by atoms with E-state index in [2.05, 4.69) is 4.90 Å². The molecule has 2 N–H and O–H groups in total. The SMILES string of the molecule is CN(CC(C)(C)CO)c1ccc(O)cc1. The first-order chi connectivity index (χ1) is 6.94. The zero-order valence-electron chi connectivity index (χ0n) is 9.57. The first-order valence-corrected chi connectivity index (χ1v) is 5.06. The average Bonchev–Trinajstić information content (AvgIpc) is 2.18. The molecule has 84 valence electrons. The van der Waals surface area contributed by atoms with E-state index in [4.69, 9.17) is 10.2 Å². The van der Waals surface area contributed by atoms with Gasteiger partial charge in [-0.25, -0.2) is 0 Å². The second kappa shape index (κ2) is 4.53. The van der Waals surface area contributed by atoms with Crippen LogP contribution in [0.25, 0.3) is 0 Å². The van der Waals surface area contributed by atoms with Crippen molar-refractivity contribution in [1.29, 1.82) is 0 Å². The summed E-state index contributed by atoms with van der Waals surface area (Å²) in [6.45, 7) is 4.97. The lowest BCUT2D eigenvalue weighted by Gasteiger charge is -2.29. The molecule has 0 spiro atoms. The minimum absolute atomic E-state index is 0.118. The van der Waals surface area contributed by atoms with Crippen LogP contribution >= 0.6 is 0 Å². The average molecular weight is 209 g/mol. The summed E-state index contributed by atoms with van der Waals surface area (Å²) in [5.74, 6) is 0.272. The van der Waals surface area contributed by atoms with E-state index in [1.54, 1.807) is 12.1 Å². The van der Waals surface area contributed by atoms with Gasteiger partial charge in [0, 0.05) is 31.3 Å². The summed E-state index contributed by atoms with van der Waals surface area (Å²) in [7, 11) is 1.98. The van der Waals surface area contributed by atoms with Crippen molar-refractivity contribution in [3.05, 3.63) is 24.3 Å². The summed E-state index contributed by atoms with van der Waals surface area (Å²) in [5, 5.41) is 18.3. The monoisotopic (exact) mass is 209 g/mol. The van der Waals surface area contributed by atoms with E-state index in [1.807, 2.05) is 33.0 Å². The number of benzene rings is 1. The molecule has 0 aliphatic rings. The van der Waals surface area contributed by atoms with E-state index < -0.39 is 0 Å². The Morgan fingerprint density at radius 3 is 2.20 bits per heavy atom. The third-order valence-corrected chi connectivity index (χ3v) is 2.38. The first-order valence-electron chi connectivity index (χ1n) is 5.06. The maximum absolute atomic E-state index is 9.17. The maximum Gasteiger partial charge on any atom is 0.115 e. The Kier molecular flexibility index (Phi) is 3.58. The standard InChI is InChI=1S/C12H19NO2/c1-12(2,9-14)8-13(3)10-4-6-11(15)7-5-10/h4-7,14-15H,8-9H2,1-3H3. The molecule has 1 aromatic rings. The summed E-state index contributed by atoms with van der Waals surface area (Å²) in [6.07, 6.45) is 0. The van der Waals surface area contributed by atoms with Crippen molar-refractivity contribution >= 4 is 5.69 Å². The van der Waals surface area contributed by atoms with Gasteiger partial charge in [0.1, 0.15) is 5.75 Å². The van der Waals surface area contributed by atoms with Crippen molar-refractivity contribution < 1.29 is 10.2 Å². The molecule has 3 heteroatoms. The van der Waals surface area contributed by atoms with Crippen LogP contribution in [0, 0.1) is 5.41 Å². The molecule has 0 aliphatic heterocycles. The maximum atomic E-state index is 9.17. The van der Waals surface area contributed by atoms with E-state index >= 15 is 0 Å². The molecule has 0 heterocycles. The van der Waals surface area contributed by atoms with Crippen LogP contribution in [0.2, 0.25) is 0 Å². The van der Waals surface area contributed by atoms with Crippen LogP contribution in [0.4, 0.5) is 5.69 Å². The molecule has 1 rings (SSSR count). The lowest BCUT2D eigenvalue weighted by Crippen LogP contribution is -2.33. The summed E-state index contributed by atoms with van der Waals surface area (Å²) < 4.78 is 0. The quantitative estimate of drug-likeness (QED) is 0.795. The molecule has 3 nitrogen and oxygen atoms in total. The van der Waals surface area contributed by atoms with Gasteiger partial charge in [0.05, 0.1) is 0 Å². The molecule has 15 heavy (non-hydrogen) atoms. The van der Waals surface area contributed by atoms with E-state index in [0.29, 0.717) is 0 Å². The predicted molar refractivity (Wildman–Crippen MR) is 62.2 cm³/mol. The van der Waals surface area contributed by atoms with Crippen molar-refractivity contribution in [1.82, 2.24) is 0 Å². The summed E-state index contributed by atoms with van der Waals surface area (Å²) in [4.78, 5) is 2.07. The van der Waals surface area contributed by atoms with Crippen LogP contribution < -0.4 is 4.90 Å². The molecular weight excluding hydrogens is 190 g/mol. The van der Waals surface area contributed by atoms with E-state index in [9.17, 15) is 0 Å². The number of anilines is 1. The zero-order valence-corrected chi connectivity index (χ0v) is 9.57. The van der Waals surface area contributed by atoms with Crippen molar-refractivity contribution in [2.24, 2.45) is 5.41 Å². The number of rotatable bonds is 4. The van der Waals surface area contributed by atoms with Crippen molar-refractivity contribution in [2.45, 2.75) is 13.8 Å². The highest BCUT2D eigenvalue weighted by Crippen LogP contribution is 2.22. The molecule has 0 saturated heterocycles. The van der Waals surface area contributed by atoms with Gasteiger partial charge in [-0.2, -0.15) is 0 Å². The number of aliphatic hydroxyl groups is 1. The lowest BCUT2D eigenvalue weighted by atomic mass is 9.94. The van der Waals surface area contributed by atoms with Crippen LogP contribution in [0.15, 0.2) is 24.3 Å². The Balaban J connectivity index is 2.69. The molecule has 0 fully saturated rings. The highest BCUT2D eigenvalue weighted by molar-refractivity contribution is 5.48. The van der Waals surface area contributed by atoms with Gasteiger partial charge >= 0.3 is 0 Å². The fourth-order valence-electron chi connectivity index (χ4n) is 1.49. The molecule has 0 bridgehead atoms. The Morgan fingerprint density at radius 2 is 1.73 bits per heavy atom. The van der Waals surface area contributed by atoms with Gasteiger partial charge in [-0.1, -0.05) is 13.8 Å². The molecule has 0 radical (unpaired) electrons. The molecule has 0 amide bonds. The number of hydrogen-bond donors (Lipinski definition) is 2. The summed E-state index contributed by atoms with van der Waals surface area (Å²) in [6, 6.07) is 7.06. The van der Waals surface area contributed by atoms with Crippen LogP contribution in [-0.4, -0.2) is 30.4 Å². The van der Waals surface area contributed by atoms with E-state index in [1.165, 1.54) is 0 Å². The van der Waals surface area contributed by atoms with Crippen LogP contribution in [0.1, 0.15) is 13.8 Å². The Bertz CT molecular complexity index is 306. The highest BCUT2D eigenvalue weighted by Gasteiger charge is 2.19. The Labute approximate surface area is 91.0 Å². The molecule has 0 aromatic heterocycles. The molecule has 1 aromatic carbocycles. The number of aliphatic hydroxyl groups excluding tert-OH is 1. The smallest absolute Gasteiger partial charge is 0.115 e. The van der Waals surface area contributed by atoms with Crippen LogP contribution in [0.3, 0.4) is 0 Å². The number of nitrogens with zero attached hydrogens (tertiary/aromatic N) is 1. The van der Waals surface area contributed by atoms with E-state index in [-0.39, 0.29) is 17.8 Å². The number of phenolic OH excluding ortho intramolecular Hbond substituents is 1. The van der Waals surface area contributed by atoms with Gasteiger partial charge in [-0.3, -0.25) is 0 Å². The van der Waals surface area contributed by atoms with E-state index in [0.717, 1.165) is 12.2 Å². The van der Waals surface area contributed by atoms with Crippen LogP contribution in [-0.2, 0) is 0 Å². The molecule has 0 unspecified atom stereocenters. The highest BCUT2D eigenvalue weighted by atomic mass is 16.3. The Hall–Kier alpha value is -1.22. The largest absolute Gasteiger partial charge is 0.508 e. The molecule has 0 saturated carbocycles. The predicted octanol–water partition coefficient (Wildman–Crippen LogP) is 1.85. The lowest BCUT2D eigenvalue weighted by molar-refractivity contribution is 0.165. The summed E-state index contributed by atoms with van der Waals surface area (Å²) >= 11 is 0. The van der Waals surface area contributed by atoms with Gasteiger partial charge in [-0.15, -0.1) is 0 Å². The minimum Gasteiger partial charge on any atom is -0.508 e. The normalized spacial score (nSPS) is 11.5. The van der Waals surface area contributed by atoms with Crippen molar-refractivity contribution in [2.75, 3.05) is 25.1 Å². The van der Waals surface area contributed by atoms with Crippen molar-refractivity contribution in [3.63, 3.8) is 0 Å². The number of hydrogen-bond acceptors (Lipinski definition) is 3. The molecule has 0 aliphatic carbocycles. The summed E-state index contributed by atoms with van der Waals surface area (Å²) in [5.41, 5.74) is 0.918. The second-order valence-corrected chi connectivity index (χ2v) is 4.69. The number of phenols is 1. The van der Waals surface area contributed by atoms with Gasteiger partial charge < -0.3 is 15.1 Å². The fraction of sp³-hybridized carbons (Fsp3) is 0.500. The topological polar surface area (TPSA) is 43.7 Å². The van der Waals surface area contributed by atoms with Gasteiger partial charge in [0.2, 0.25) is 0 Å². The third kappa shape index (κ3) is 3.44. The third-order valence-electron chi connectivity index (χ3n) is 2.38. The van der Waals surface area contributed by atoms with Crippen LogP contribution in [0.5, 0.6) is 5.75 Å².